The number of Topliss-reactive ketones (excluding diaryl/α,β-unsaturated/α-hetero) is 1. The molecule has 1 unspecified atom stereocenters. The molecule has 0 spiro atoms. The van der Waals surface area contributed by atoms with Crippen LogP contribution in [0.2, 0.25) is 0 Å². The van der Waals surface area contributed by atoms with E-state index in [0.29, 0.717) is 12.5 Å². The normalized spacial score (nSPS) is 19.0. The van der Waals surface area contributed by atoms with Gasteiger partial charge in [0, 0.05) is 31.7 Å². The van der Waals surface area contributed by atoms with Crippen LogP contribution in [0.15, 0.2) is 24.3 Å². The molecule has 1 aliphatic heterocycles. The third-order valence-corrected chi connectivity index (χ3v) is 3.63. The number of ketones is 1. The molecule has 1 heterocycles. The van der Waals surface area contributed by atoms with Crippen molar-refractivity contribution < 1.29 is 9.53 Å². The molecule has 1 aromatic rings. The lowest BCUT2D eigenvalue weighted by atomic mass is 10.1. The SMILES string of the molecule is Cc1ccc(C(=O)CCN(C)CC2CCCO2)cc1. The minimum absolute atomic E-state index is 0.221. The Hall–Kier alpha value is -1.19. The zero-order valence-electron chi connectivity index (χ0n) is 11.9. The second kappa shape index (κ2) is 6.83. The fourth-order valence-electron chi connectivity index (χ4n) is 2.40. The molecule has 19 heavy (non-hydrogen) atoms. The van der Waals surface area contributed by atoms with Crippen LogP contribution in [-0.2, 0) is 4.74 Å². The van der Waals surface area contributed by atoms with E-state index in [0.717, 1.165) is 31.7 Å². The summed E-state index contributed by atoms with van der Waals surface area (Å²) >= 11 is 0. The number of carbonyl (C=O) groups is 1. The van der Waals surface area contributed by atoms with Crippen molar-refractivity contribution in [2.24, 2.45) is 0 Å². The fraction of sp³-hybridized carbons (Fsp3) is 0.562. The predicted octanol–water partition coefficient (Wildman–Crippen LogP) is 2.68. The van der Waals surface area contributed by atoms with Crippen molar-refractivity contribution >= 4 is 5.78 Å². The van der Waals surface area contributed by atoms with Crippen LogP contribution in [0.4, 0.5) is 0 Å². The standard InChI is InChI=1S/C16H23NO2/c1-13-5-7-14(8-6-13)16(18)9-10-17(2)12-15-4-3-11-19-15/h5-8,15H,3-4,9-12H2,1-2H3. The lowest BCUT2D eigenvalue weighted by molar-refractivity contribution is 0.0778. The Morgan fingerprint density at radius 3 is 2.74 bits per heavy atom. The van der Waals surface area contributed by atoms with Gasteiger partial charge < -0.3 is 9.64 Å². The molecular formula is C16H23NO2. The fourth-order valence-corrected chi connectivity index (χ4v) is 2.40. The third kappa shape index (κ3) is 4.44. The Morgan fingerprint density at radius 1 is 1.37 bits per heavy atom. The van der Waals surface area contributed by atoms with Crippen LogP contribution in [-0.4, -0.2) is 43.5 Å². The van der Waals surface area contributed by atoms with Crippen LogP contribution in [0.1, 0.15) is 35.2 Å². The number of hydrogen-bond acceptors (Lipinski definition) is 3. The molecular weight excluding hydrogens is 238 g/mol. The summed E-state index contributed by atoms with van der Waals surface area (Å²) in [5.41, 5.74) is 2.00. The summed E-state index contributed by atoms with van der Waals surface area (Å²) in [6.07, 6.45) is 3.25. The van der Waals surface area contributed by atoms with E-state index in [2.05, 4.69) is 11.9 Å². The zero-order chi connectivity index (χ0) is 13.7. The van der Waals surface area contributed by atoms with E-state index in [4.69, 9.17) is 4.74 Å². The highest BCUT2D eigenvalue weighted by atomic mass is 16.5. The molecule has 0 saturated carbocycles. The van der Waals surface area contributed by atoms with Crippen LogP contribution in [0, 0.1) is 6.92 Å². The highest BCUT2D eigenvalue weighted by molar-refractivity contribution is 5.96. The molecule has 0 bridgehead atoms. The van der Waals surface area contributed by atoms with Crippen LogP contribution < -0.4 is 0 Å². The van der Waals surface area contributed by atoms with Gasteiger partial charge in [0.15, 0.2) is 5.78 Å². The van der Waals surface area contributed by atoms with Gasteiger partial charge in [-0.3, -0.25) is 4.79 Å². The summed E-state index contributed by atoms with van der Waals surface area (Å²) < 4.78 is 5.60. The van der Waals surface area contributed by atoms with Crippen LogP contribution in [0.3, 0.4) is 0 Å². The molecule has 3 heteroatoms. The molecule has 2 rings (SSSR count). The van der Waals surface area contributed by atoms with Crippen LogP contribution in [0.5, 0.6) is 0 Å². The maximum Gasteiger partial charge on any atom is 0.164 e. The molecule has 1 fully saturated rings. The minimum atomic E-state index is 0.221. The molecule has 0 radical (unpaired) electrons. The van der Waals surface area contributed by atoms with E-state index < -0.39 is 0 Å². The number of carbonyl (C=O) groups excluding carboxylic acids is 1. The summed E-state index contributed by atoms with van der Waals surface area (Å²) in [5, 5.41) is 0. The average Bonchev–Trinajstić information content (AvgIpc) is 2.89. The van der Waals surface area contributed by atoms with Crippen molar-refractivity contribution in [2.75, 3.05) is 26.7 Å². The van der Waals surface area contributed by atoms with Crippen LogP contribution >= 0.6 is 0 Å². The summed E-state index contributed by atoms with van der Waals surface area (Å²) in [7, 11) is 2.06. The van der Waals surface area contributed by atoms with Gasteiger partial charge in [-0.1, -0.05) is 29.8 Å². The smallest absolute Gasteiger partial charge is 0.164 e. The van der Waals surface area contributed by atoms with Crippen molar-refractivity contribution in [1.29, 1.82) is 0 Å². The Labute approximate surface area is 115 Å². The number of ether oxygens (including phenoxy) is 1. The predicted molar refractivity (Wildman–Crippen MR) is 76.6 cm³/mol. The first-order valence-electron chi connectivity index (χ1n) is 7.05. The molecule has 1 saturated heterocycles. The van der Waals surface area contributed by atoms with E-state index >= 15 is 0 Å². The number of rotatable bonds is 6. The quantitative estimate of drug-likeness (QED) is 0.737. The molecule has 3 nitrogen and oxygen atoms in total. The lowest BCUT2D eigenvalue weighted by Gasteiger charge is -2.19. The van der Waals surface area contributed by atoms with Gasteiger partial charge in [0.1, 0.15) is 0 Å². The van der Waals surface area contributed by atoms with Crippen molar-refractivity contribution in [3.05, 3.63) is 35.4 Å². The Balaban J connectivity index is 1.74. The van der Waals surface area contributed by atoms with E-state index in [1.807, 2.05) is 31.2 Å². The highest BCUT2D eigenvalue weighted by Crippen LogP contribution is 2.13. The lowest BCUT2D eigenvalue weighted by Crippen LogP contribution is -2.30. The van der Waals surface area contributed by atoms with Crippen molar-refractivity contribution in [3.63, 3.8) is 0 Å². The van der Waals surface area contributed by atoms with Gasteiger partial charge in [-0.25, -0.2) is 0 Å². The minimum Gasteiger partial charge on any atom is -0.377 e. The largest absolute Gasteiger partial charge is 0.377 e. The monoisotopic (exact) mass is 261 g/mol. The number of aryl methyl sites for hydroxylation is 1. The maximum atomic E-state index is 12.0. The number of hydrogen-bond donors (Lipinski definition) is 0. The number of nitrogens with zero attached hydrogens (tertiary/aromatic N) is 1. The van der Waals surface area contributed by atoms with Gasteiger partial charge in [0.2, 0.25) is 0 Å². The molecule has 0 amide bonds. The second-order valence-corrected chi connectivity index (χ2v) is 5.44. The van der Waals surface area contributed by atoms with E-state index in [1.165, 1.54) is 12.0 Å². The molecule has 0 aliphatic carbocycles. The summed E-state index contributed by atoms with van der Waals surface area (Å²) in [5.74, 6) is 0.221. The summed E-state index contributed by atoms with van der Waals surface area (Å²) in [6.45, 7) is 4.65. The first-order chi connectivity index (χ1) is 9.15. The third-order valence-electron chi connectivity index (χ3n) is 3.63. The van der Waals surface area contributed by atoms with Gasteiger partial charge in [-0.15, -0.1) is 0 Å². The first-order valence-corrected chi connectivity index (χ1v) is 7.05. The number of benzene rings is 1. The van der Waals surface area contributed by atoms with Gasteiger partial charge >= 0.3 is 0 Å². The topological polar surface area (TPSA) is 29.5 Å². The van der Waals surface area contributed by atoms with E-state index in [9.17, 15) is 4.79 Å². The molecule has 0 aromatic heterocycles. The second-order valence-electron chi connectivity index (χ2n) is 5.44. The molecule has 1 atom stereocenters. The van der Waals surface area contributed by atoms with Gasteiger partial charge in [-0.05, 0) is 26.8 Å². The Kier molecular flexibility index (Phi) is 5.11. The first kappa shape index (κ1) is 14.2. The molecule has 0 N–H and O–H groups in total. The Morgan fingerprint density at radius 2 is 2.11 bits per heavy atom. The van der Waals surface area contributed by atoms with Crippen LogP contribution in [0.25, 0.3) is 0 Å². The molecule has 1 aromatic carbocycles. The van der Waals surface area contributed by atoms with Crippen molar-refractivity contribution in [1.82, 2.24) is 4.90 Å². The van der Waals surface area contributed by atoms with Crippen molar-refractivity contribution in [3.8, 4) is 0 Å². The van der Waals surface area contributed by atoms with Gasteiger partial charge in [-0.2, -0.15) is 0 Å². The number of likely N-dealkylation sites (N-methyl/N-ethyl adjacent to an activating group) is 1. The van der Waals surface area contributed by atoms with Crippen molar-refractivity contribution in [2.45, 2.75) is 32.3 Å². The van der Waals surface area contributed by atoms with E-state index in [1.54, 1.807) is 0 Å². The average molecular weight is 261 g/mol. The van der Waals surface area contributed by atoms with E-state index in [-0.39, 0.29) is 5.78 Å². The zero-order valence-corrected chi connectivity index (χ0v) is 11.9. The van der Waals surface area contributed by atoms with Gasteiger partial charge in [0.25, 0.3) is 0 Å². The Bertz CT molecular complexity index is 407. The molecule has 1 aliphatic rings. The van der Waals surface area contributed by atoms with Gasteiger partial charge in [0.05, 0.1) is 6.10 Å². The highest BCUT2D eigenvalue weighted by Gasteiger charge is 2.17. The summed E-state index contributed by atoms with van der Waals surface area (Å²) in [4.78, 5) is 14.2. The molecule has 104 valence electrons. The summed E-state index contributed by atoms with van der Waals surface area (Å²) in [6, 6.07) is 7.81. The maximum absolute atomic E-state index is 12.0.